The van der Waals surface area contributed by atoms with Crippen LogP contribution in [-0.4, -0.2) is 59.0 Å². The summed E-state index contributed by atoms with van der Waals surface area (Å²) in [5.74, 6) is -1.35. The molecule has 1 amide bonds. The first-order valence-corrected chi connectivity index (χ1v) is 13.1. The monoisotopic (exact) mass is 463 g/mol. The van der Waals surface area contributed by atoms with Gasteiger partial charge in [-0.05, 0) is 48.9 Å². The van der Waals surface area contributed by atoms with Crippen LogP contribution >= 0.6 is 0 Å². The molecule has 0 aromatic heterocycles. The summed E-state index contributed by atoms with van der Waals surface area (Å²) in [5.41, 5.74) is 2.39. The maximum Gasteiger partial charge on any atom is 0.244 e. The van der Waals surface area contributed by atoms with Crippen LogP contribution in [0.1, 0.15) is 12.5 Å². The van der Waals surface area contributed by atoms with Gasteiger partial charge in [0.25, 0.3) is 0 Å². The average molecular weight is 464 g/mol. The Balaban J connectivity index is 1.49. The van der Waals surface area contributed by atoms with E-state index < -0.39 is 31.9 Å². The van der Waals surface area contributed by atoms with E-state index in [-0.39, 0.29) is 16.3 Å². The normalized spacial score (nSPS) is 22.1. The molecule has 2 heterocycles. The van der Waals surface area contributed by atoms with Crippen molar-refractivity contribution in [1.82, 2.24) is 4.31 Å². The van der Waals surface area contributed by atoms with Gasteiger partial charge in [0.15, 0.2) is 0 Å². The van der Waals surface area contributed by atoms with Crippen LogP contribution < -0.4 is 9.21 Å². The molecule has 4 rings (SSSR count). The predicted octanol–water partition coefficient (Wildman–Crippen LogP) is 1.82. The van der Waals surface area contributed by atoms with Crippen LogP contribution in [0.15, 0.2) is 53.4 Å². The minimum absolute atomic E-state index is 0.0809. The molecule has 0 bridgehead atoms. The Labute approximate surface area is 183 Å². The summed E-state index contributed by atoms with van der Waals surface area (Å²) >= 11 is 0. The van der Waals surface area contributed by atoms with Gasteiger partial charge >= 0.3 is 0 Å². The molecule has 31 heavy (non-hydrogen) atoms. The summed E-state index contributed by atoms with van der Waals surface area (Å²) in [4.78, 5) is 14.5. The van der Waals surface area contributed by atoms with Crippen LogP contribution in [0.2, 0.25) is 0 Å². The number of carbonyl (C=O) groups is 1. The molecule has 0 unspecified atom stereocenters. The number of carbonyl (C=O) groups excluding carboxylic acids is 1. The van der Waals surface area contributed by atoms with Crippen LogP contribution in [-0.2, 0) is 24.8 Å². The molecule has 2 fully saturated rings. The lowest BCUT2D eigenvalue weighted by molar-refractivity contribution is -0.119. The second kappa shape index (κ2) is 7.92. The third-order valence-corrected chi connectivity index (χ3v) is 9.46. The van der Waals surface area contributed by atoms with Crippen molar-refractivity contribution in [3.63, 3.8) is 0 Å². The highest BCUT2D eigenvalue weighted by molar-refractivity contribution is 7.94. The molecule has 0 radical (unpaired) electrons. The lowest BCUT2D eigenvalue weighted by atomic mass is 10.2. The molecular formula is C21H25N3O5S2. The minimum Gasteiger partial charge on any atom is -0.369 e. The number of anilines is 2. The van der Waals surface area contributed by atoms with Gasteiger partial charge in [-0.25, -0.2) is 21.1 Å². The number of hydrogen-bond donors (Lipinski definition) is 0. The number of amides is 1. The quantitative estimate of drug-likeness (QED) is 0.687. The second-order valence-electron chi connectivity index (χ2n) is 8.01. The summed E-state index contributed by atoms with van der Waals surface area (Å²) in [6.45, 7) is 5.46. The van der Waals surface area contributed by atoms with Gasteiger partial charge in [-0.2, -0.15) is 4.31 Å². The Morgan fingerprint density at radius 1 is 0.935 bits per heavy atom. The molecule has 2 saturated heterocycles. The van der Waals surface area contributed by atoms with Gasteiger partial charge in [0, 0.05) is 31.9 Å². The fourth-order valence-corrected chi connectivity index (χ4v) is 7.24. The fraction of sp³-hybridized carbons (Fsp3) is 0.381. The predicted molar refractivity (Wildman–Crippen MR) is 119 cm³/mol. The van der Waals surface area contributed by atoms with Crippen molar-refractivity contribution in [2.45, 2.75) is 18.7 Å². The Kier molecular flexibility index (Phi) is 5.57. The van der Waals surface area contributed by atoms with E-state index in [0.29, 0.717) is 26.2 Å². The zero-order chi connectivity index (χ0) is 22.4. The summed E-state index contributed by atoms with van der Waals surface area (Å²) in [6, 6.07) is 13.6. The zero-order valence-electron chi connectivity index (χ0n) is 17.4. The Bertz CT molecular complexity index is 1200. The molecule has 8 nitrogen and oxygen atoms in total. The molecule has 0 N–H and O–H groups in total. The largest absolute Gasteiger partial charge is 0.369 e. The Morgan fingerprint density at radius 3 is 2.13 bits per heavy atom. The van der Waals surface area contributed by atoms with Crippen molar-refractivity contribution in [2.75, 3.05) is 41.1 Å². The van der Waals surface area contributed by atoms with Crippen LogP contribution in [0.3, 0.4) is 0 Å². The van der Waals surface area contributed by atoms with E-state index in [4.69, 9.17) is 0 Å². The third-order valence-electron chi connectivity index (χ3n) is 5.67. The van der Waals surface area contributed by atoms with E-state index in [1.54, 1.807) is 6.92 Å². The number of sulfonamides is 2. The summed E-state index contributed by atoms with van der Waals surface area (Å²) in [5, 5.41) is 0. The first-order valence-electron chi connectivity index (χ1n) is 10.1. The number of aryl methyl sites for hydroxylation is 1. The van der Waals surface area contributed by atoms with Gasteiger partial charge < -0.3 is 4.90 Å². The number of piperazine rings is 1. The second-order valence-corrected chi connectivity index (χ2v) is 11.8. The van der Waals surface area contributed by atoms with Crippen molar-refractivity contribution < 1.29 is 21.6 Å². The summed E-state index contributed by atoms with van der Waals surface area (Å²) in [7, 11) is -7.44. The molecule has 0 saturated carbocycles. The Hall–Kier alpha value is -2.43. The highest BCUT2D eigenvalue weighted by atomic mass is 32.2. The van der Waals surface area contributed by atoms with Gasteiger partial charge in [-0.15, -0.1) is 0 Å². The van der Waals surface area contributed by atoms with E-state index in [1.807, 2.05) is 25.1 Å². The van der Waals surface area contributed by atoms with Crippen molar-refractivity contribution in [3.05, 3.63) is 54.1 Å². The summed E-state index contributed by atoms with van der Waals surface area (Å²) < 4.78 is 52.9. The van der Waals surface area contributed by atoms with E-state index in [0.717, 1.165) is 15.6 Å². The van der Waals surface area contributed by atoms with Crippen LogP contribution in [0.25, 0.3) is 0 Å². The van der Waals surface area contributed by atoms with Crippen molar-refractivity contribution in [2.24, 2.45) is 5.92 Å². The van der Waals surface area contributed by atoms with Crippen molar-refractivity contribution >= 4 is 37.3 Å². The molecule has 2 aromatic carbocycles. The first kappa shape index (κ1) is 21.8. The van der Waals surface area contributed by atoms with Crippen LogP contribution in [0.4, 0.5) is 11.4 Å². The smallest absolute Gasteiger partial charge is 0.244 e. The average Bonchev–Trinajstić information content (AvgIpc) is 2.94. The van der Waals surface area contributed by atoms with Crippen molar-refractivity contribution in [3.8, 4) is 0 Å². The third kappa shape index (κ3) is 4.07. The first-order chi connectivity index (χ1) is 14.6. The summed E-state index contributed by atoms with van der Waals surface area (Å²) in [6.07, 6.45) is 0. The molecule has 0 spiro atoms. The maximum absolute atomic E-state index is 13.1. The van der Waals surface area contributed by atoms with E-state index in [9.17, 15) is 21.6 Å². The Morgan fingerprint density at radius 2 is 1.58 bits per heavy atom. The topological polar surface area (TPSA) is 95.1 Å². The van der Waals surface area contributed by atoms with Gasteiger partial charge in [0.1, 0.15) is 0 Å². The molecule has 10 heteroatoms. The minimum atomic E-state index is -3.72. The number of rotatable bonds is 4. The zero-order valence-corrected chi connectivity index (χ0v) is 19.1. The van der Waals surface area contributed by atoms with Gasteiger partial charge in [0.2, 0.25) is 26.0 Å². The van der Waals surface area contributed by atoms with E-state index >= 15 is 0 Å². The highest BCUT2D eigenvalue weighted by Gasteiger charge is 2.42. The lowest BCUT2D eigenvalue weighted by Crippen LogP contribution is -2.48. The molecule has 2 aliphatic rings. The molecular weight excluding hydrogens is 438 g/mol. The van der Waals surface area contributed by atoms with Gasteiger partial charge in [-0.1, -0.05) is 19.1 Å². The van der Waals surface area contributed by atoms with Crippen LogP contribution in [0, 0.1) is 12.8 Å². The SMILES string of the molecule is Cc1cccc(N2CCN(S(=O)(=O)c3ccc(N4C(=O)[C@@H](C)CS4(=O)=O)cc3)CC2)c1. The molecule has 166 valence electrons. The highest BCUT2D eigenvalue weighted by Crippen LogP contribution is 2.30. The van der Waals surface area contributed by atoms with Crippen LogP contribution in [0.5, 0.6) is 0 Å². The fourth-order valence-electron chi connectivity index (χ4n) is 4.00. The molecule has 2 aliphatic heterocycles. The molecule has 1 atom stereocenters. The molecule has 0 aliphatic carbocycles. The molecule has 2 aromatic rings. The number of nitrogens with zero attached hydrogens (tertiary/aromatic N) is 3. The number of benzene rings is 2. The standard InChI is InChI=1S/C21H25N3O5S2/c1-16-4-3-5-19(14-16)22-10-12-23(13-11-22)31(28,29)20-8-6-18(7-9-20)24-21(25)17(2)15-30(24,26)27/h3-9,14,17H,10-13,15H2,1-2H3/t17-/m0/s1. The maximum atomic E-state index is 13.1. The lowest BCUT2D eigenvalue weighted by Gasteiger charge is -2.35. The van der Waals surface area contributed by atoms with Gasteiger partial charge in [-0.3, -0.25) is 4.79 Å². The van der Waals surface area contributed by atoms with E-state index in [2.05, 4.69) is 11.0 Å². The van der Waals surface area contributed by atoms with Crippen molar-refractivity contribution in [1.29, 1.82) is 0 Å². The number of hydrogen-bond acceptors (Lipinski definition) is 6. The van der Waals surface area contributed by atoms with Gasteiger partial charge in [0.05, 0.1) is 22.3 Å². The van der Waals surface area contributed by atoms with E-state index in [1.165, 1.54) is 28.6 Å².